The summed E-state index contributed by atoms with van der Waals surface area (Å²) < 4.78 is 6.82. The number of hydrazine groups is 1. The largest absolute Gasteiger partial charge is 0.383 e. The Morgan fingerprint density at radius 2 is 2.50 bits per heavy atom. The van der Waals surface area contributed by atoms with Gasteiger partial charge < -0.3 is 4.74 Å². The van der Waals surface area contributed by atoms with Crippen LogP contribution in [0.25, 0.3) is 0 Å². The molecule has 8 heteroatoms. The number of hydrogen-bond acceptors (Lipinski definition) is 6. The smallest absolute Gasteiger partial charge is 0.107 e. The molecule has 1 unspecified atom stereocenters. The molecule has 0 radical (unpaired) electrons. The second-order valence-corrected chi connectivity index (χ2v) is 4.73. The highest BCUT2D eigenvalue weighted by Crippen LogP contribution is 2.27. The first-order valence-electron chi connectivity index (χ1n) is 5.32. The molecule has 0 amide bonds. The van der Waals surface area contributed by atoms with Crippen LogP contribution < -0.4 is 11.3 Å². The summed E-state index contributed by atoms with van der Waals surface area (Å²) in [6, 6.07) is -0.275. The van der Waals surface area contributed by atoms with Crippen LogP contribution >= 0.6 is 22.9 Å². The maximum absolute atomic E-state index is 6.17. The number of rotatable bonds is 6. The van der Waals surface area contributed by atoms with E-state index in [2.05, 4.69) is 15.5 Å². The highest BCUT2D eigenvalue weighted by Gasteiger charge is 2.22. The van der Waals surface area contributed by atoms with Gasteiger partial charge in [0.05, 0.1) is 41.3 Å². The second-order valence-electron chi connectivity index (χ2n) is 3.61. The first-order chi connectivity index (χ1) is 8.77. The molecule has 0 saturated heterocycles. The van der Waals surface area contributed by atoms with E-state index in [9.17, 15) is 0 Å². The molecule has 0 fully saturated rings. The number of hydrogen-bond donors (Lipinski definition) is 2. The van der Waals surface area contributed by atoms with Gasteiger partial charge in [0.15, 0.2) is 0 Å². The average molecular weight is 288 g/mol. The van der Waals surface area contributed by atoms with Crippen molar-refractivity contribution in [1.29, 1.82) is 0 Å². The lowest BCUT2D eigenvalue weighted by Gasteiger charge is -2.16. The molecular formula is C10H14ClN5OS. The van der Waals surface area contributed by atoms with Crippen LogP contribution in [0.5, 0.6) is 0 Å². The van der Waals surface area contributed by atoms with Gasteiger partial charge in [0.25, 0.3) is 0 Å². The second kappa shape index (κ2) is 6.26. The summed E-state index contributed by atoms with van der Waals surface area (Å²) in [6.07, 6.45) is 1.60. The van der Waals surface area contributed by atoms with Gasteiger partial charge in [-0.1, -0.05) is 11.6 Å². The Balaban J connectivity index is 2.32. The van der Waals surface area contributed by atoms with Gasteiger partial charge in [-0.15, -0.1) is 11.3 Å². The maximum Gasteiger partial charge on any atom is 0.107 e. The Hall–Kier alpha value is -0.990. The highest BCUT2D eigenvalue weighted by molar-refractivity contribution is 7.07. The minimum atomic E-state index is -0.275. The summed E-state index contributed by atoms with van der Waals surface area (Å²) in [5.74, 6) is 5.61. The molecule has 0 aromatic carbocycles. The van der Waals surface area contributed by atoms with Crippen LogP contribution in [0.3, 0.4) is 0 Å². The van der Waals surface area contributed by atoms with Crippen molar-refractivity contribution >= 4 is 22.9 Å². The number of halogens is 1. The number of nitrogens with zero attached hydrogens (tertiary/aromatic N) is 3. The molecule has 18 heavy (non-hydrogen) atoms. The fourth-order valence-electron chi connectivity index (χ4n) is 1.68. The summed E-state index contributed by atoms with van der Waals surface area (Å²) in [5.41, 5.74) is 6.09. The number of aromatic nitrogens is 3. The summed E-state index contributed by atoms with van der Waals surface area (Å²) in [5, 5.41) is 6.70. The average Bonchev–Trinajstić information content (AvgIpc) is 3.00. The summed E-state index contributed by atoms with van der Waals surface area (Å²) in [6.45, 7) is 1.17. The van der Waals surface area contributed by atoms with E-state index < -0.39 is 0 Å². The van der Waals surface area contributed by atoms with Crippen molar-refractivity contribution < 1.29 is 4.74 Å². The van der Waals surface area contributed by atoms with Crippen molar-refractivity contribution in [3.8, 4) is 0 Å². The molecule has 2 aromatic heterocycles. The van der Waals surface area contributed by atoms with Crippen LogP contribution in [-0.2, 0) is 11.3 Å². The van der Waals surface area contributed by atoms with E-state index >= 15 is 0 Å². The third-order valence-corrected chi connectivity index (χ3v) is 3.42. The van der Waals surface area contributed by atoms with E-state index in [1.807, 2.05) is 5.38 Å². The van der Waals surface area contributed by atoms with Crippen LogP contribution in [0.1, 0.15) is 17.4 Å². The van der Waals surface area contributed by atoms with Crippen molar-refractivity contribution in [1.82, 2.24) is 20.2 Å². The Bertz CT molecular complexity index is 486. The number of ether oxygens (including phenoxy) is 1. The SMILES string of the molecule is COCCn1ncc(Cl)c1C(NN)c1cscn1. The third kappa shape index (κ3) is 2.70. The van der Waals surface area contributed by atoms with Crippen LogP contribution in [0.2, 0.25) is 5.02 Å². The number of nitrogens with one attached hydrogen (secondary N) is 1. The summed E-state index contributed by atoms with van der Waals surface area (Å²) >= 11 is 7.68. The van der Waals surface area contributed by atoms with Crippen molar-refractivity contribution in [2.45, 2.75) is 12.6 Å². The minimum Gasteiger partial charge on any atom is -0.383 e. The predicted octanol–water partition coefficient (Wildman–Crippen LogP) is 1.19. The van der Waals surface area contributed by atoms with Gasteiger partial charge >= 0.3 is 0 Å². The topological polar surface area (TPSA) is 78.0 Å². The number of methoxy groups -OCH3 is 1. The first-order valence-corrected chi connectivity index (χ1v) is 6.64. The monoisotopic (exact) mass is 287 g/mol. The van der Waals surface area contributed by atoms with Gasteiger partial charge in [-0.25, -0.2) is 10.4 Å². The zero-order valence-corrected chi connectivity index (χ0v) is 11.4. The molecule has 0 saturated carbocycles. The quantitative estimate of drug-likeness (QED) is 0.616. The number of nitrogens with two attached hydrogens (primary N) is 1. The molecule has 1 atom stereocenters. The van der Waals surface area contributed by atoms with E-state index in [1.54, 1.807) is 23.5 Å². The van der Waals surface area contributed by atoms with E-state index in [0.29, 0.717) is 18.2 Å². The lowest BCUT2D eigenvalue weighted by Crippen LogP contribution is -2.31. The van der Waals surface area contributed by atoms with Gasteiger partial charge in [0.1, 0.15) is 6.04 Å². The molecule has 98 valence electrons. The molecule has 3 N–H and O–H groups in total. The Morgan fingerprint density at radius 1 is 1.67 bits per heavy atom. The molecule has 0 aliphatic heterocycles. The van der Waals surface area contributed by atoms with E-state index in [-0.39, 0.29) is 6.04 Å². The standard InChI is InChI=1S/C10H14ClN5OS/c1-17-3-2-16-10(7(11)4-14-16)9(15-12)8-5-18-6-13-8/h4-6,9,15H,2-3,12H2,1H3. The lowest BCUT2D eigenvalue weighted by molar-refractivity contribution is 0.182. The molecule has 0 bridgehead atoms. The molecule has 0 aliphatic carbocycles. The summed E-state index contributed by atoms with van der Waals surface area (Å²) in [7, 11) is 1.64. The van der Waals surface area contributed by atoms with Crippen LogP contribution in [0.4, 0.5) is 0 Å². The van der Waals surface area contributed by atoms with Crippen LogP contribution in [-0.4, -0.2) is 28.5 Å². The zero-order valence-electron chi connectivity index (χ0n) is 9.84. The Kier molecular flexibility index (Phi) is 4.67. The van der Waals surface area contributed by atoms with Gasteiger partial charge in [-0.05, 0) is 0 Å². The first kappa shape index (κ1) is 13.4. The fourth-order valence-corrected chi connectivity index (χ4v) is 2.51. The fraction of sp³-hybridized carbons (Fsp3) is 0.400. The van der Waals surface area contributed by atoms with E-state index in [0.717, 1.165) is 11.4 Å². The molecule has 2 rings (SSSR count). The van der Waals surface area contributed by atoms with Gasteiger partial charge in [0.2, 0.25) is 0 Å². The van der Waals surface area contributed by atoms with Crippen LogP contribution in [0.15, 0.2) is 17.1 Å². The van der Waals surface area contributed by atoms with Crippen molar-refractivity contribution in [2.75, 3.05) is 13.7 Å². The van der Waals surface area contributed by atoms with E-state index in [1.165, 1.54) is 11.3 Å². The normalized spacial score (nSPS) is 12.8. The molecule has 0 spiro atoms. The third-order valence-electron chi connectivity index (χ3n) is 2.53. The summed E-state index contributed by atoms with van der Waals surface area (Å²) in [4.78, 5) is 4.25. The lowest BCUT2D eigenvalue weighted by atomic mass is 10.1. The van der Waals surface area contributed by atoms with Crippen molar-refractivity contribution in [3.05, 3.63) is 33.5 Å². The molecule has 2 aromatic rings. The Labute approximate surface area is 114 Å². The number of thiazole rings is 1. The minimum absolute atomic E-state index is 0.275. The van der Waals surface area contributed by atoms with Gasteiger partial charge in [-0.2, -0.15) is 5.10 Å². The Morgan fingerprint density at radius 3 is 3.11 bits per heavy atom. The van der Waals surface area contributed by atoms with Crippen molar-refractivity contribution in [3.63, 3.8) is 0 Å². The molecular weight excluding hydrogens is 274 g/mol. The van der Waals surface area contributed by atoms with Gasteiger partial charge in [0, 0.05) is 12.5 Å². The van der Waals surface area contributed by atoms with Crippen LogP contribution in [0, 0.1) is 0 Å². The predicted molar refractivity (Wildman–Crippen MR) is 70.4 cm³/mol. The molecule has 2 heterocycles. The molecule has 6 nitrogen and oxygen atoms in total. The van der Waals surface area contributed by atoms with Crippen molar-refractivity contribution in [2.24, 2.45) is 5.84 Å². The highest BCUT2D eigenvalue weighted by atomic mass is 35.5. The maximum atomic E-state index is 6.17. The van der Waals surface area contributed by atoms with Gasteiger partial charge in [-0.3, -0.25) is 10.5 Å². The molecule has 0 aliphatic rings. The zero-order chi connectivity index (χ0) is 13.0. The van der Waals surface area contributed by atoms with E-state index in [4.69, 9.17) is 22.2 Å².